The zero-order valence-corrected chi connectivity index (χ0v) is 22.8. The molecule has 12 heteroatoms. The Bertz CT molecular complexity index is 1600. The smallest absolute Gasteiger partial charge is 0.270 e. The minimum Gasteiger partial charge on any atom is -0.363 e. The molecule has 204 valence electrons. The van der Waals surface area contributed by atoms with E-state index in [0.717, 1.165) is 5.69 Å². The van der Waals surface area contributed by atoms with Gasteiger partial charge in [0.2, 0.25) is 0 Å². The van der Waals surface area contributed by atoms with Crippen LogP contribution in [0.4, 0.5) is 27.4 Å². The number of halogens is 1. The van der Waals surface area contributed by atoms with Gasteiger partial charge >= 0.3 is 0 Å². The second-order valence-corrected chi connectivity index (χ2v) is 9.73. The van der Waals surface area contributed by atoms with Gasteiger partial charge in [-0.2, -0.15) is 5.10 Å². The number of anilines is 3. The number of nitro benzene ring substituents is 1. The summed E-state index contributed by atoms with van der Waals surface area (Å²) in [7, 11) is 5.71. The minimum absolute atomic E-state index is 0.170. The first-order chi connectivity index (χ1) is 18.4. The van der Waals surface area contributed by atoms with Gasteiger partial charge in [0, 0.05) is 48.4 Å². The molecule has 2 aromatic heterocycles. The summed E-state index contributed by atoms with van der Waals surface area (Å²) in [5, 5.41) is 19.8. The molecule has 0 bridgehead atoms. The van der Waals surface area contributed by atoms with Crippen molar-refractivity contribution < 1.29 is 9.31 Å². The second kappa shape index (κ2) is 11.1. The fourth-order valence-corrected chi connectivity index (χ4v) is 4.24. The van der Waals surface area contributed by atoms with Crippen molar-refractivity contribution in [2.24, 2.45) is 0 Å². The maximum absolute atomic E-state index is 15.0. The maximum Gasteiger partial charge on any atom is 0.270 e. The lowest BCUT2D eigenvalue weighted by atomic mass is 10.0. The number of nitrogens with one attached hydrogen (secondary N) is 1. The largest absolute Gasteiger partial charge is 0.363 e. The van der Waals surface area contributed by atoms with Crippen LogP contribution >= 0.6 is 0 Å². The normalized spacial score (nSPS) is 12.1. The van der Waals surface area contributed by atoms with Gasteiger partial charge in [0.05, 0.1) is 23.0 Å². The molecule has 0 aliphatic carbocycles. The van der Waals surface area contributed by atoms with Crippen LogP contribution in [0.2, 0.25) is 0 Å². The lowest BCUT2D eigenvalue weighted by Gasteiger charge is -2.21. The van der Waals surface area contributed by atoms with Crippen LogP contribution in [-0.4, -0.2) is 57.3 Å². The Morgan fingerprint density at radius 1 is 1.10 bits per heavy atom. The highest BCUT2D eigenvalue weighted by Gasteiger charge is 2.20. The van der Waals surface area contributed by atoms with Gasteiger partial charge in [-0.25, -0.2) is 19.0 Å². The molecule has 0 saturated heterocycles. The average Bonchev–Trinajstić information content (AvgIpc) is 2.88. The molecule has 0 fully saturated rings. The summed E-state index contributed by atoms with van der Waals surface area (Å²) in [6.07, 6.45) is 0. The van der Waals surface area contributed by atoms with Gasteiger partial charge in [0.25, 0.3) is 11.2 Å². The Labute approximate surface area is 225 Å². The molecule has 0 unspecified atom stereocenters. The van der Waals surface area contributed by atoms with Gasteiger partial charge in [0.15, 0.2) is 5.82 Å². The molecular weight excluding hydrogens is 503 g/mol. The molecule has 0 amide bonds. The van der Waals surface area contributed by atoms with Gasteiger partial charge in [-0.1, -0.05) is 0 Å². The Hall–Kier alpha value is -4.45. The second-order valence-electron chi connectivity index (χ2n) is 9.73. The molecule has 0 spiro atoms. The third-order valence-electron chi connectivity index (χ3n) is 6.43. The van der Waals surface area contributed by atoms with Crippen molar-refractivity contribution in [1.82, 2.24) is 24.6 Å². The first-order valence-corrected chi connectivity index (χ1v) is 12.4. The van der Waals surface area contributed by atoms with E-state index in [4.69, 9.17) is 0 Å². The third-order valence-corrected chi connectivity index (χ3v) is 6.43. The molecular formula is C27H31FN8O3. The molecule has 4 aromatic rings. The van der Waals surface area contributed by atoms with Gasteiger partial charge in [-0.15, -0.1) is 0 Å². The number of aromatic nitrogens is 4. The van der Waals surface area contributed by atoms with Gasteiger partial charge in [-0.3, -0.25) is 14.9 Å². The summed E-state index contributed by atoms with van der Waals surface area (Å²) in [5.74, 6) is 1.06. The highest BCUT2D eigenvalue weighted by Crippen LogP contribution is 2.32. The fourth-order valence-electron chi connectivity index (χ4n) is 4.24. The van der Waals surface area contributed by atoms with Gasteiger partial charge in [0.1, 0.15) is 17.5 Å². The van der Waals surface area contributed by atoms with Crippen LogP contribution in [-0.2, 0) is 6.54 Å². The Morgan fingerprint density at radius 3 is 2.54 bits per heavy atom. The molecule has 0 aliphatic rings. The Balaban J connectivity index is 1.71. The summed E-state index contributed by atoms with van der Waals surface area (Å²) in [5.41, 5.74) is 1.45. The number of hydrogen-bond acceptors (Lipinski definition) is 9. The van der Waals surface area contributed by atoms with Crippen molar-refractivity contribution in [3.8, 4) is 0 Å². The highest BCUT2D eigenvalue weighted by atomic mass is 19.1. The van der Waals surface area contributed by atoms with E-state index < -0.39 is 16.8 Å². The van der Waals surface area contributed by atoms with E-state index in [1.165, 1.54) is 29.8 Å². The lowest BCUT2D eigenvalue weighted by Crippen LogP contribution is -2.29. The first kappa shape index (κ1) is 27.6. The number of non-ortho nitro benzene ring substituents is 1. The van der Waals surface area contributed by atoms with Gasteiger partial charge in [-0.05, 0) is 64.7 Å². The predicted octanol–water partition coefficient (Wildman–Crippen LogP) is 4.35. The number of fused-ring (bicyclic) bond motifs is 1. The summed E-state index contributed by atoms with van der Waals surface area (Å²) in [6, 6.07) is 10.6. The molecule has 2 heterocycles. The number of nitro groups is 1. The predicted molar refractivity (Wildman–Crippen MR) is 149 cm³/mol. The quantitative estimate of drug-likeness (QED) is 0.247. The standard InChI is InChI=1S/C27H31FN8O3/c1-16-13-20(36(38)39)15-21(26(16)28)17(2)29-27-22-14-19(7-8-23(22)30-18(3)31-27)34(6)24-9-10-25(37)35(32-24)12-11-33(4)5/h7-10,13-15,17H,11-12H2,1-6H3,(H,29,30,31)/t17-/m1/s1. The van der Waals surface area contributed by atoms with E-state index in [1.54, 1.807) is 19.9 Å². The first-order valence-electron chi connectivity index (χ1n) is 12.4. The van der Waals surface area contributed by atoms with Crippen molar-refractivity contribution in [3.63, 3.8) is 0 Å². The summed E-state index contributed by atoms with van der Waals surface area (Å²) >= 11 is 0. The molecule has 1 atom stereocenters. The van der Waals surface area contributed by atoms with E-state index in [1.807, 2.05) is 49.1 Å². The van der Waals surface area contributed by atoms with Crippen molar-refractivity contribution in [2.75, 3.05) is 37.9 Å². The van der Waals surface area contributed by atoms with E-state index >= 15 is 0 Å². The van der Waals surface area contributed by atoms with Crippen molar-refractivity contribution in [1.29, 1.82) is 0 Å². The van der Waals surface area contributed by atoms with Crippen LogP contribution in [0, 0.1) is 29.8 Å². The highest BCUT2D eigenvalue weighted by molar-refractivity contribution is 5.92. The fraction of sp³-hybridized carbons (Fsp3) is 0.333. The van der Waals surface area contributed by atoms with Crippen LogP contribution < -0.4 is 15.8 Å². The van der Waals surface area contributed by atoms with Gasteiger partial charge < -0.3 is 15.1 Å². The Kier molecular flexibility index (Phi) is 7.86. The van der Waals surface area contributed by atoms with E-state index in [2.05, 4.69) is 20.4 Å². The SMILES string of the molecule is Cc1nc(N[C@H](C)c2cc([N+](=O)[O-])cc(C)c2F)c2cc(N(C)c3ccc(=O)n(CCN(C)C)n3)ccc2n1. The van der Waals surface area contributed by atoms with Crippen molar-refractivity contribution in [2.45, 2.75) is 33.4 Å². The van der Waals surface area contributed by atoms with Crippen LogP contribution in [0.15, 0.2) is 47.3 Å². The number of hydrogen-bond donors (Lipinski definition) is 1. The molecule has 11 nitrogen and oxygen atoms in total. The molecule has 2 aromatic carbocycles. The zero-order chi connectivity index (χ0) is 28.4. The van der Waals surface area contributed by atoms with Crippen LogP contribution in [0.1, 0.15) is 29.9 Å². The zero-order valence-electron chi connectivity index (χ0n) is 22.8. The number of benzene rings is 2. The van der Waals surface area contributed by atoms with E-state index in [-0.39, 0.29) is 22.4 Å². The number of likely N-dealkylation sites (N-methyl/N-ethyl adjacent to an activating group) is 1. The van der Waals surface area contributed by atoms with Crippen molar-refractivity contribution in [3.05, 3.63) is 85.7 Å². The van der Waals surface area contributed by atoms with E-state index in [0.29, 0.717) is 41.5 Å². The lowest BCUT2D eigenvalue weighted by molar-refractivity contribution is -0.385. The third kappa shape index (κ3) is 6.01. The summed E-state index contributed by atoms with van der Waals surface area (Å²) in [6.45, 7) is 6.11. The minimum atomic E-state index is -0.621. The summed E-state index contributed by atoms with van der Waals surface area (Å²) < 4.78 is 16.4. The van der Waals surface area contributed by atoms with E-state index in [9.17, 15) is 19.3 Å². The molecule has 39 heavy (non-hydrogen) atoms. The molecule has 0 aliphatic heterocycles. The molecule has 0 radical (unpaired) electrons. The monoisotopic (exact) mass is 534 g/mol. The molecule has 0 saturated carbocycles. The number of rotatable bonds is 9. The number of aryl methyl sites for hydroxylation is 2. The van der Waals surface area contributed by atoms with Crippen molar-refractivity contribution >= 4 is 33.9 Å². The summed E-state index contributed by atoms with van der Waals surface area (Å²) in [4.78, 5) is 36.0. The maximum atomic E-state index is 15.0. The Morgan fingerprint density at radius 2 is 1.85 bits per heavy atom. The van der Waals surface area contributed by atoms with Crippen LogP contribution in [0.5, 0.6) is 0 Å². The van der Waals surface area contributed by atoms with Crippen LogP contribution in [0.25, 0.3) is 10.9 Å². The average molecular weight is 535 g/mol. The molecule has 1 N–H and O–H groups in total. The van der Waals surface area contributed by atoms with Crippen LogP contribution in [0.3, 0.4) is 0 Å². The number of nitrogens with zero attached hydrogens (tertiary/aromatic N) is 7. The molecule has 4 rings (SSSR count). The topological polar surface area (TPSA) is 122 Å².